The van der Waals surface area contributed by atoms with Crippen LogP contribution in [0.4, 0.5) is 0 Å². The second-order valence-corrected chi connectivity index (χ2v) is 11.5. The molecule has 3 aliphatic heterocycles. The molecule has 5 rings (SSSR count). The molecule has 1 aromatic carbocycles. The molecule has 3 amide bonds. The van der Waals surface area contributed by atoms with E-state index in [-0.39, 0.29) is 35.6 Å². The SMILES string of the molecule is CNC(=O)[C@@H]1[C@@H]2CCC3(S2)C(C(=O)NC2CCCCC2)N([C@H](CO)c2ccccc2)C(=O)[C@H]13. The Morgan fingerprint density at radius 3 is 2.55 bits per heavy atom. The average molecular weight is 472 g/mol. The zero-order chi connectivity index (χ0) is 23.2. The molecule has 3 saturated heterocycles. The van der Waals surface area contributed by atoms with Crippen LogP contribution in [0.15, 0.2) is 30.3 Å². The maximum atomic E-state index is 14.0. The number of amides is 3. The van der Waals surface area contributed by atoms with E-state index < -0.39 is 28.7 Å². The first-order chi connectivity index (χ1) is 16.0. The lowest BCUT2D eigenvalue weighted by Crippen LogP contribution is -2.56. The number of aliphatic hydroxyl groups is 1. The van der Waals surface area contributed by atoms with Gasteiger partial charge in [0.2, 0.25) is 17.7 Å². The third-order valence-electron chi connectivity index (χ3n) is 8.18. The minimum atomic E-state index is -0.695. The Kier molecular flexibility index (Phi) is 6.16. The van der Waals surface area contributed by atoms with Gasteiger partial charge in [-0.15, -0.1) is 11.8 Å². The highest BCUT2D eigenvalue weighted by atomic mass is 32.2. The molecule has 4 aliphatic rings. The summed E-state index contributed by atoms with van der Waals surface area (Å²) in [5, 5.41) is 16.5. The summed E-state index contributed by atoms with van der Waals surface area (Å²) in [5.74, 6) is -1.41. The Morgan fingerprint density at radius 1 is 1.15 bits per heavy atom. The van der Waals surface area contributed by atoms with Gasteiger partial charge in [0.25, 0.3) is 0 Å². The number of nitrogens with zero attached hydrogens (tertiary/aromatic N) is 1. The van der Waals surface area contributed by atoms with E-state index in [0.29, 0.717) is 0 Å². The van der Waals surface area contributed by atoms with Crippen LogP contribution in [0.5, 0.6) is 0 Å². The van der Waals surface area contributed by atoms with Crippen molar-refractivity contribution in [3.63, 3.8) is 0 Å². The van der Waals surface area contributed by atoms with E-state index in [0.717, 1.165) is 44.1 Å². The summed E-state index contributed by atoms with van der Waals surface area (Å²) in [7, 11) is 1.61. The van der Waals surface area contributed by atoms with Crippen molar-refractivity contribution in [2.45, 2.75) is 73.1 Å². The van der Waals surface area contributed by atoms with Crippen LogP contribution in [-0.2, 0) is 14.4 Å². The number of fused-ring (bicyclic) bond motifs is 1. The first kappa shape index (κ1) is 22.7. The molecular weight excluding hydrogens is 438 g/mol. The van der Waals surface area contributed by atoms with Crippen LogP contribution >= 0.6 is 11.8 Å². The highest BCUT2D eigenvalue weighted by molar-refractivity contribution is 8.02. The molecule has 1 aromatic rings. The minimum Gasteiger partial charge on any atom is -0.394 e. The molecule has 1 aliphatic carbocycles. The van der Waals surface area contributed by atoms with Crippen molar-refractivity contribution in [3.05, 3.63) is 35.9 Å². The number of nitrogens with one attached hydrogen (secondary N) is 2. The monoisotopic (exact) mass is 471 g/mol. The van der Waals surface area contributed by atoms with Gasteiger partial charge in [-0.3, -0.25) is 14.4 Å². The largest absolute Gasteiger partial charge is 0.394 e. The maximum Gasteiger partial charge on any atom is 0.244 e. The lowest BCUT2D eigenvalue weighted by Gasteiger charge is -2.38. The molecule has 1 saturated carbocycles. The lowest BCUT2D eigenvalue weighted by atomic mass is 9.70. The van der Waals surface area contributed by atoms with Crippen molar-refractivity contribution in [2.75, 3.05) is 13.7 Å². The van der Waals surface area contributed by atoms with E-state index in [2.05, 4.69) is 10.6 Å². The smallest absolute Gasteiger partial charge is 0.244 e. The fourth-order valence-corrected chi connectivity index (χ4v) is 8.96. The average Bonchev–Trinajstić information content (AvgIpc) is 3.48. The van der Waals surface area contributed by atoms with E-state index in [4.69, 9.17) is 0 Å². The third kappa shape index (κ3) is 3.57. The molecule has 1 spiro atoms. The molecule has 2 bridgehead atoms. The molecule has 178 valence electrons. The van der Waals surface area contributed by atoms with Gasteiger partial charge < -0.3 is 20.6 Å². The topological polar surface area (TPSA) is 98.7 Å². The fourth-order valence-electron chi connectivity index (χ4n) is 6.75. The molecule has 0 aromatic heterocycles. The van der Waals surface area contributed by atoms with Gasteiger partial charge in [-0.05, 0) is 31.2 Å². The highest BCUT2D eigenvalue weighted by Gasteiger charge is 2.74. The molecule has 3 N–H and O–H groups in total. The van der Waals surface area contributed by atoms with Gasteiger partial charge in [-0.1, -0.05) is 49.6 Å². The van der Waals surface area contributed by atoms with Crippen molar-refractivity contribution in [1.29, 1.82) is 0 Å². The Bertz CT molecular complexity index is 921. The number of benzene rings is 1. The Labute approximate surface area is 199 Å². The van der Waals surface area contributed by atoms with Crippen LogP contribution in [0.1, 0.15) is 56.6 Å². The van der Waals surface area contributed by atoms with Crippen LogP contribution in [0, 0.1) is 11.8 Å². The number of carbonyl (C=O) groups is 3. The summed E-state index contributed by atoms with van der Waals surface area (Å²) in [6, 6.07) is 8.23. The first-order valence-electron chi connectivity index (χ1n) is 12.2. The summed E-state index contributed by atoms with van der Waals surface area (Å²) in [5.41, 5.74) is 0.802. The normalized spacial score (nSPS) is 34.2. The van der Waals surface area contributed by atoms with Gasteiger partial charge in [-0.2, -0.15) is 0 Å². The van der Waals surface area contributed by atoms with E-state index in [9.17, 15) is 19.5 Å². The second-order valence-electron chi connectivity index (χ2n) is 9.87. The van der Waals surface area contributed by atoms with E-state index >= 15 is 0 Å². The predicted octanol–water partition coefficient (Wildman–Crippen LogP) is 2.01. The van der Waals surface area contributed by atoms with Gasteiger partial charge in [0, 0.05) is 18.3 Å². The number of carbonyl (C=O) groups excluding carboxylic acids is 3. The molecule has 2 unspecified atom stereocenters. The molecule has 33 heavy (non-hydrogen) atoms. The quantitative estimate of drug-likeness (QED) is 0.590. The van der Waals surface area contributed by atoms with Crippen LogP contribution < -0.4 is 10.6 Å². The van der Waals surface area contributed by atoms with Gasteiger partial charge >= 0.3 is 0 Å². The highest BCUT2D eigenvalue weighted by Crippen LogP contribution is 2.67. The molecule has 8 heteroatoms. The zero-order valence-corrected chi connectivity index (χ0v) is 19.9. The minimum absolute atomic E-state index is 0.0512. The van der Waals surface area contributed by atoms with Crippen molar-refractivity contribution < 1.29 is 19.5 Å². The van der Waals surface area contributed by atoms with Crippen molar-refractivity contribution in [2.24, 2.45) is 11.8 Å². The Morgan fingerprint density at radius 2 is 1.88 bits per heavy atom. The van der Waals surface area contributed by atoms with E-state index in [1.54, 1.807) is 23.7 Å². The first-order valence-corrected chi connectivity index (χ1v) is 13.1. The van der Waals surface area contributed by atoms with Crippen LogP contribution in [-0.4, -0.2) is 63.5 Å². The van der Waals surface area contributed by atoms with Crippen LogP contribution in [0.3, 0.4) is 0 Å². The van der Waals surface area contributed by atoms with Gasteiger partial charge in [0.15, 0.2) is 0 Å². The summed E-state index contributed by atoms with van der Waals surface area (Å²) >= 11 is 1.66. The number of likely N-dealkylation sites (tertiary alicyclic amines) is 1. The van der Waals surface area contributed by atoms with E-state index in [1.807, 2.05) is 30.3 Å². The van der Waals surface area contributed by atoms with Crippen LogP contribution in [0.2, 0.25) is 0 Å². The van der Waals surface area contributed by atoms with Gasteiger partial charge in [0.1, 0.15) is 6.04 Å². The summed E-state index contributed by atoms with van der Waals surface area (Å²) in [6.07, 6.45) is 6.87. The lowest BCUT2D eigenvalue weighted by molar-refractivity contribution is -0.143. The van der Waals surface area contributed by atoms with Gasteiger partial charge in [-0.25, -0.2) is 0 Å². The Hall–Kier alpha value is -2.06. The maximum absolute atomic E-state index is 14.0. The molecule has 4 fully saturated rings. The molecule has 0 radical (unpaired) electrons. The fraction of sp³-hybridized carbons (Fsp3) is 0.640. The van der Waals surface area contributed by atoms with E-state index in [1.165, 1.54) is 6.42 Å². The molecular formula is C25H33N3O4S. The van der Waals surface area contributed by atoms with Crippen molar-refractivity contribution in [1.82, 2.24) is 15.5 Å². The predicted molar refractivity (Wildman–Crippen MR) is 126 cm³/mol. The number of thioether (sulfide) groups is 1. The number of hydrogen-bond acceptors (Lipinski definition) is 5. The van der Waals surface area contributed by atoms with Crippen LogP contribution in [0.25, 0.3) is 0 Å². The molecule has 6 atom stereocenters. The Balaban J connectivity index is 1.55. The molecule has 3 heterocycles. The summed E-state index contributed by atoms with van der Waals surface area (Å²) in [6.45, 7) is -0.273. The van der Waals surface area contributed by atoms with Crippen molar-refractivity contribution >= 4 is 29.5 Å². The summed E-state index contributed by atoms with van der Waals surface area (Å²) in [4.78, 5) is 42.4. The summed E-state index contributed by atoms with van der Waals surface area (Å²) < 4.78 is -0.625. The number of rotatable bonds is 6. The second kappa shape index (κ2) is 8.95. The number of hydrogen-bond donors (Lipinski definition) is 3. The van der Waals surface area contributed by atoms with Crippen molar-refractivity contribution in [3.8, 4) is 0 Å². The number of aliphatic hydroxyl groups excluding tert-OH is 1. The zero-order valence-electron chi connectivity index (χ0n) is 19.0. The standard InChI is InChI=1S/C25H33N3O4S/c1-26-22(30)19-18-12-13-25(33-18)20(19)24(32)28(17(14-29)15-8-4-2-5-9-15)21(25)23(31)27-16-10-6-3-7-11-16/h2,4-5,8-9,16-21,29H,3,6-7,10-14H2,1H3,(H,26,30)(H,27,31)/t17-,18+,19-,20+,21?,25?/m1/s1. The third-order valence-corrected chi connectivity index (χ3v) is 10.1. The molecule has 7 nitrogen and oxygen atoms in total. The van der Waals surface area contributed by atoms with Gasteiger partial charge in [0.05, 0.1) is 29.2 Å².